The van der Waals surface area contributed by atoms with Crippen LogP contribution in [0.1, 0.15) is 38.0 Å². The fourth-order valence-corrected chi connectivity index (χ4v) is 3.52. The van der Waals surface area contributed by atoms with E-state index in [0.717, 1.165) is 18.2 Å². The van der Waals surface area contributed by atoms with Crippen molar-refractivity contribution in [2.24, 2.45) is 0 Å². The first-order valence-corrected chi connectivity index (χ1v) is 8.31. The Bertz CT molecular complexity index is 423. The van der Waals surface area contributed by atoms with E-state index in [1.807, 2.05) is 6.20 Å². The Labute approximate surface area is 127 Å². The first-order valence-electron chi connectivity index (χ1n) is 7.49. The van der Waals surface area contributed by atoms with E-state index in [9.17, 15) is 0 Å². The average molecular weight is 296 g/mol. The molecule has 0 aliphatic heterocycles. The third-order valence-corrected chi connectivity index (χ3v) is 5.43. The van der Waals surface area contributed by atoms with Gasteiger partial charge in [-0.15, -0.1) is 11.3 Å². The van der Waals surface area contributed by atoms with Crippen molar-refractivity contribution in [3.05, 3.63) is 11.1 Å². The van der Waals surface area contributed by atoms with E-state index in [0.29, 0.717) is 11.6 Å². The minimum atomic E-state index is 0.358. The molecule has 0 saturated heterocycles. The molecule has 1 heterocycles. The predicted molar refractivity (Wildman–Crippen MR) is 87.6 cm³/mol. The summed E-state index contributed by atoms with van der Waals surface area (Å²) >= 11 is 1.80. The average Bonchev–Trinajstić information content (AvgIpc) is 2.79. The van der Waals surface area contributed by atoms with Crippen molar-refractivity contribution in [3.8, 4) is 0 Å². The second kappa shape index (κ2) is 6.41. The predicted octanol–water partition coefficient (Wildman–Crippen LogP) is 2.56. The second-order valence-electron chi connectivity index (χ2n) is 6.47. The smallest absolute Gasteiger partial charge is 0.185 e. The Morgan fingerprint density at radius 2 is 2.05 bits per heavy atom. The maximum absolute atomic E-state index is 4.58. The van der Waals surface area contributed by atoms with Crippen molar-refractivity contribution in [2.75, 3.05) is 32.6 Å². The molecule has 1 N–H and O–H groups in total. The second-order valence-corrected chi connectivity index (χ2v) is 7.57. The number of thiazole rings is 1. The molecule has 4 nitrogen and oxygen atoms in total. The number of likely N-dealkylation sites (N-methyl/N-ethyl adjacent to an activating group) is 2. The quantitative estimate of drug-likeness (QED) is 0.838. The van der Waals surface area contributed by atoms with Crippen LogP contribution < -0.4 is 10.2 Å². The van der Waals surface area contributed by atoms with E-state index in [4.69, 9.17) is 0 Å². The van der Waals surface area contributed by atoms with Gasteiger partial charge in [0.15, 0.2) is 5.13 Å². The van der Waals surface area contributed by atoms with Gasteiger partial charge in [0.05, 0.1) is 0 Å². The molecule has 0 atom stereocenters. The highest BCUT2D eigenvalue weighted by Gasteiger charge is 2.40. The Kier molecular flexibility index (Phi) is 5.04. The SMILES string of the molecule is CC(C)NCc1cnc(N(C)CC2(N(C)C)CCC2)s1. The number of rotatable bonds is 7. The van der Waals surface area contributed by atoms with Crippen LogP contribution in [-0.4, -0.2) is 49.2 Å². The van der Waals surface area contributed by atoms with Gasteiger partial charge < -0.3 is 15.1 Å². The van der Waals surface area contributed by atoms with Crippen LogP contribution in [0, 0.1) is 0 Å². The van der Waals surface area contributed by atoms with Gasteiger partial charge in [-0.1, -0.05) is 13.8 Å². The van der Waals surface area contributed by atoms with Crippen LogP contribution in [0.15, 0.2) is 6.20 Å². The highest BCUT2D eigenvalue weighted by Crippen LogP contribution is 2.37. The highest BCUT2D eigenvalue weighted by atomic mass is 32.1. The maximum atomic E-state index is 4.58. The van der Waals surface area contributed by atoms with E-state index in [-0.39, 0.29) is 0 Å². The number of hydrogen-bond acceptors (Lipinski definition) is 5. The molecule has 2 rings (SSSR count). The van der Waals surface area contributed by atoms with E-state index in [1.54, 1.807) is 11.3 Å². The molecule has 0 amide bonds. The van der Waals surface area contributed by atoms with Gasteiger partial charge in [0.2, 0.25) is 0 Å². The zero-order valence-electron chi connectivity index (χ0n) is 13.4. The van der Waals surface area contributed by atoms with Crippen molar-refractivity contribution >= 4 is 16.5 Å². The summed E-state index contributed by atoms with van der Waals surface area (Å²) in [4.78, 5) is 10.6. The molecule has 1 fully saturated rings. The molecule has 0 spiro atoms. The monoisotopic (exact) mass is 296 g/mol. The number of nitrogens with one attached hydrogen (secondary N) is 1. The Morgan fingerprint density at radius 3 is 2.55 bits per heavy atom. The Morgan fingerprint density at radius 1 is 1.35 bits per heavy atom. The van der Waals surface area contributed by atoms with Crippen LogP contribution in [0.5, 0.6) is 0 Å². The van der Waals surface area contributed by atoms with Gasteiger partial charge in [0.1, 0.15) is 0 Å². The van der Waals surface area contributed by atoms with Crippen LogP contribution in [0.2, 0.25) is 0 Å². The molecule has 5 heteroatoms. The topological polar surface area (TPSA) is 31.4 Å². The van der Waals surface area contributed by atoms with E-state index in [2.05, 4.69) is 55.1 Å². The lowest BCUT2D eigenvalue weighted by Gasteiger charge is -2.49. The van der Waals surface area contributed by atoms with Crippen LogP contribution in [0.3, 0.4) is 0 Å². The molecular weight excluding hydrogens is 268 g/mol. The summed E-state index contributed by atoms with van der Waals surface area (Å²) < 4.78 is 0. The molecule has 20 heavy (non-hydrogen) atoms. The summed E-state index contributed by atoms with van der Waals surface area (Å²) in [7, 11) is 6.57. The summed E-state index contributed by atoms with van der Waals surface area (Å²) in [5, 5.41) is 4.58. The largest absolute Gasteiger partial charge is 0.349 e. The fourth-order valence-electron chi connectivity index (χ4n) is 2.70. The Balaban J connectivity index is 1.94. The molecule has 114 valence electrons. The lowest BCUT2D eigenvalue weighted by molar-refractivity contribution is 0.0683. The van der Waals surface area contributed by atoms with Crippen molar-refractivity contribution < 1.29 is 0 Å². The molecular formula is C15H28N4S. The molecule has 0 aromatic carbocycles. The molecule has 0 unspecified atom stereocenters. The van der Waals surface area contributed by atoms with E-state index < -0.39 is 0 Å². The number of aromatic nitrogens is 1. The zero-order chi connectivity index (χ0) is 14.8. The van der Waals surface area contributed by atoms with E-state index in [1.165, 1.54) is 24.1 Å². The van der Waals surface area contributed by atoms with E-state index >= 15 is 0 Å². The van der Waals surface area contributed by atoms with Crippen LogP contribution in [0.25, 0.3) is 0 Å². The van der Waals surface area contributed by atoms with Crippen molar-refractivity contribution in [1.29, 1.82) is 0 Å². The fraction of sp³-hybridized carbons (Fsp3) is 0.800. The molecule has 0 radical (unpaired) electrons. The van der Waals surface area contributed by atoms with Crippen LogP contribution >= 0.6 is 11.3 Å². The maximum Gasteiger partial charge on any atom is 0.185 e. The van der Waals surface area contributed by atoms with Gasteiger partial charge in [-0.25, -0.2) is 4.98 Å². The summed E-state index contributed by atoms with van der Waals surface area (Å²) in [6, 6.07) is 0.519. The molecule has 1 saturated carbocycles. The van der Waals surface area contributed by atoms with Gasteiger partial charge in [-0.2, -0.15) is 0 Å². The lowest BCUT2D eigenvalue weighted by atomic mass is 9.75. The van der Waals surface area contributed by atoms with Crippen LogP contribution in [0.4, 0.5) is 5.13 Å². The van der Waals surface area contributed by atoms with Crippen molar-refractivity contribution in [1.82, 2.24) is 15.2 Å². The minimum Gasteiger partial charge on any atom is -0.349 e. The third kappa shape index (κ3) is 3.51. The highest BCUT2D eigenvalue weighted by molar-refractivity contribution is 7.15. The van der Waals surface area contributed by atoms with Gasteiger partial charge in [0.25, 0.3) is 0 Å². The molecule has 1 aromatic rings. The minimum absolute atomic E-state index is 0.358. The lowest BCUT2D eigenvalue weighted by Crippen LogP contribution is -2.56. The van der Waals surface area contributed by atoms with Gasteiger partial charge >= 0.3 is 0 Å². The van der Waals surface area contributed by atoms with Crippen molar-refractivity contribution in [2.45, 2.75) is 51.2 Å². The molecule has 0 bridgehead atoms. The zero-order valence-corrected chi connectivity index (χ0v) is 14.3. The molecule has 1 aliphatic rings. The van der Waals surface area contributed by atoms with Crippen molar-refractivity contribution in [3.63, 3.8) is 0 Å². The normalized spacial score (nSPS) is 17.6. The van der Waals surface area contributed by atoms with Crippen LogP contribution in [-0.2, 0) is 6.54 Å². The van der Waals surface area contributed by atoms with Gasteiger partial charge in [-0.05, 0) is 33.4 Å². The number of nitrogens with zero attached hydrogens (tertiary/aromatic N) is 3. The Hall–Kier alpha value is -0.650. The third-order valence-electron chi connectivity index (χ3n) is 4.32. The van der Waals surface area contributed by atoms with Gasteiger partial charge in [0, 0.05) is 42.8 Å². The molecule has 1 aliphatic carbocycles. The first-order chi connectivity index (χ1) is 9.43. The summed E-state index contributed by atoms with van der Waals surface area (Å²) in [5.74, 6) is 0. The number of anilines is 1. The molecule has 1 aromatic heterocycles. The standard InChI is InChI=1S/C15H28N4S/c1-12(2)16-9-13-10-17-14(20-13)19(5)11-15(18(3)4)7-6-8-15/h10,12,16H,6-9,11H2,1-5H3. The number of hydrogen-bond donors (Lipinski definition) is 1. The first kappa shape index (κ1) is 15.7. The summed E-state index contributed by atoms with van der Waals surface area (Å²) in [6.45, 7) is 6.34. The summed E-state index contributed by atoms with van der Waals surface area (Å²) in [6.07, 6.45) is 5.97. The summed E-state index contributed by atoms with van der Waals surface area (Å²) in [5.41, 5.74) is 0.358. The van der Waals surface area contributed by atoms with Gasteiger partial charge in [-0.3, -0.25) is 0 Å².